The molecular weight excluding hydrogens is 418 g/mol. The standard InChI is InChI=1S/C20H28F2N2O5S/c1-12-9-18(23-30(2,27)28)19(24(12)20(25)26)11-29-15-6-3-13(4-7-15)16-10-14(21)5-8-17(16)22/h5,8,10,12-13,15,18-19,23H,3-4,6-7,9,11H2,1-2H3,(H,25,26)/t12-,13?,15?,18+,19+/m1/s1. The average Bonchev–Trinajstić information content (AvgIpc) is 2.95. The quantitative estimate of drug-likeness (QED) is 0.700. The van der Waals surface area contributed by atoms with Gasteiger partial charge in [-0.2, -0.15) is 0 Å². The van der Waals surface area contributed by atoms with E-state index >= 15 is 0 Å². The normalized spacial score (nSPS) is 29.9. The number of amides is 1. The Kier molecular flexibility index (Phi) is 6.98. The van der Waals surface area contributed by atoms with Gasteiger partial charge < -0.3 is 9.84 Å². The van der Waals surface area contributed by atoms with E-state index in [2.05, 4.69) is 4.72 Å². The molecule has 2 N–H and O–H groups in total. The van der Waals surface area contributed by atoms with E-state index in [1.807, 2.05) is 0 Å². The lowest BCUT2D eigenvalue weighted by atomic mass is 9.82. The number of carbonyl (C=O) groups is 1. The maximum absolute atomic E-state index is 14.0. The Bertz CT molecular complexity index is 874. The molecule has 2 aliphatic rings. The van der Waals surface area contributed by atoms with E-state index in [9.17, 15) is 27.1 Å². The van der Waals surface area contributed by atoms with Crippen LogP contribution in [0.2, 0.25) is 0 Å². The number of hydrogen-bond acceptors (Lipinski definition) is 4. The van der Waals surface area contributed by atoms with Gasteiger partial charge in [-0.15, -0.1) is 0 Å². The highest BCUT2D eigenvalue weighted by atomic mass is 32.2. The van der Waals surface area contributed by atoms with Crippen molar-refractivity contribution in [3.63, 3.8) is 0 Å². The summed E-state index contributed by atoms with van der Waals surface area (Å²) in [4.78, 5) is 12.9. The van der Waals surface area contributed by atoms with Gasteiger partial charge in [0.1, 0.15) is 11.6 Å². The third-order valence-corrected chi connectivity index (χ3v) is 6.78. The molecular formula is C20H28F2N2O5S. The first kappa shape index (κ1) is 22.9. The molecule has 3 rings (SSSR count). The number of sulfonamides is 1. The van der Waals surface area contributed by atoms with E-state index in [0.717, 1.165) is 18.4 Å². The van der Waals surface area contributed by atoms with Crippen LogP contribution in [0, 0.1) is 11.6 Å². The molecule has 0 radical (unpaired) electrons. The monoisotopic (exact) mass is 446 g/mol. The van der Waals surface area contributed by atoms with Crippen LogP contribution >= 0.6 is 0 Å². The van der Waals surface area contributed by atoms with Gasteiger partial charge in [0.25, 0.3) is 0 Å². The van der Waals surface area contributed by atoms with Crippen LogP contribution in [0.1, 0.15) is 50.5 Å². The van der Waals surface area contributed by atoms with Crippen molar-refractivity contribution < 1.29 is 31.8 Å². The molecule has 10 heteroatoms. The van der Waals surface area contributed by atoms with Crippen molar-refractivity contribution in [3.05, 3.63) is 35.4 Å². The van der Waals surface area contributed by atoms with Crippen molar-refractivity contribution in [2.45, 2.75) is 69.2 Å². The number of halogens is 2. The smallest absolute Gasteiger partial charge is 0.407 e. The Morgan fingerprint density at radius 2 is 1.93 bits per heavy atom. The van der Waals surface area contributed by atoms with Gasteiger partial charge in [0.2, 0.25) is 10.0 Å². The first-order valence-corrected chi connectivity index (χ1v) is 12.0. The lowest BCUT2D eigenvalue weighted by Gasteiger charge is -2.32. The zero-order chi connectivity index (χ0) is 22.1. The van der Waals surface area contributed by atoms with Gasteiger partial charge in [0.15, 0.2) is 0 Å². The van der Waals surface area contributed by atoms with Crippen molar-refractivity contribution in [3.8, 4) is 0 Å². The third-order valence-electron chi connectivity index (χ3n) is 6.05. The largest absolute Gasteiger partial charge is 0.465 e. The molecule has 0 unspecified atom stereocenters. The average molecular weight is 447 g/mol. The third kappa shape index (κ3) is 5.47. The lowest BCUT2D eigenvalue weighted by molar-refractivity contribution is -0.00715. The fraction of sp³-hybridized carbons (Fsp3) is 0.650. The number of hydrogen-bond donors (Lipinski definition) is 2. The Morgan fingerprint density at radius 1 is 1.27 bits per heavy atom. The van der Waals surface area contributed by atoms with Crippen molar-refractivity contribution >= 4 is 16.1 Å². The van der Waals surface area contributed by atoms with Gasteiger partial charge >= 0.3 is 6.09 Å². The van der Waals surface area contributed by atoms with Crippen molar-refractivity contribution in [1.82, 2.24) is 9.62 Å². The molecule has 1 aliphatic heterocycles. The summed E-state index contributed by atoms with van der Waals surface area (Å²) in [7, 11) is -3.49. The second kappa shape index (κ2) is 9.15. The lowest BCUT2D eigenvalue weighted by Crippen LogP contribution is -2.50. The minimum atomic E-state index is -3.49. The summed E-state index contributed by atoms with van der Waals surface area (Å²) in [6.07, 6.45) is 2.73. The molecule has 0 bridgehead atoms. The van der Waals surface area contributed by atoms with Gasteiger partial charge in [-0.25, -0.2) is 26.7 Å². The van der Waals surface area contributed by atoms with E-state index < -0.39 is 39.8 Å². The summed E-state index contributed by atoms with van der Waals surface area (Å²) in [6.45, 7) is 1.82. The highest BCUT2D eigenvalue weighted by molar-refractivity contribution is 7.88. The number of carboxylic acid groups (broad SMARTS) is 1. The first-order valence-electron chi connectivity index (χ1n) is 10.1. The maximum Gasteiger partial charge on any atom is 0.407 e. The number of benzene rings is 1. The van der Waals surface area contributed by atoms with Crippen LogP contribution in [-0.4, -0.2) is 61.6 Å². The van der Waals surface area contributed by atoms with Crippen LogP contribution in [-0.2, 0) is 14.8 Å². The molecule has 1 saturated carbocycles. The van der Waals surface area contributed by atoms with Gasteiger partial charge in [0.05, 0.1) is 25.0 Å². The van der Waals surface area contributed by atoms with Gasteiger partial charge in [-0.3, -0.25) is 4.90 Å². The molecule has 30 heavy (non-hydrogen) atoms. The Labute approximate surface area is 175 Å². The van der Waals surface area contributed by atoms with Crippen LogP contribution in [0.15, 0.2) is 18.2 Å². The molecule has 3 atom stereocenters. The molecule has 1 saturated heterocycles. The molecule has 0 spiro atoms. The fourth-order valence-electron chi connectivity index (χ4n) is 4.69. The zero-order valence-electron chi connectivity index (χ0n) is 17.1. The van der Waals surface area contributed by atoms with Crippen LogP contribution in [0.4, 0.5) is 13.6 Å². The summed E-state index contributed by atoms with van der Waals surface area (Å²) in [6, 6.07) is 1.99. The number of nitrogens with one attached hydrogen (secondary N) is 1. The van der Waals surface area contributed by atoms with E-state index in [-0.39, 0.29) is 24.7 Å². The molecule has 168 valence electrons. The van der Waals surface area contributed by atoms with E-state index in [1.54, 1.807) is 6.92 Å². The first-order chi connectivity index (χ1) is 14.0. The van der Waals surface area contributed by atoms with E-state index in [4.69, 9.17) is 4.74 Å². The predicted octanol–water partition coefficient (Wildman–Crippen LogP) is 3.07. The molecule has 1 aliphatic carbocycles. The van der Waals surface area contributed by atoms with Crippen LogP contribution in [0.25, 0.3) is 0 Å². The summed E-state index contributed by atoms with van der Waals surface area (Å²) >= 11 is 0. The highest BCUT2D eigenvalue weighted by Crippen LogP contribution is 2.36. The second-order valence-electron chi connectivity index (χ2n) is 8.31. The molecule has 2 fully saturated rings. The minimum absolute atomic E-state index is 0.0769. The molecule has 7 nitrogen and oxygen atoms in total. The summed E-state index contributed by atoms with van der Waals surface area (Å²) in [5.74, 6) is -0.951. The molecule has 0 aromatic heterocycles. The van der Waals surface area contributed by atoms with E-state index in [1.165, 1.54) is 11.0 Å². The number of likely N-dealkylation sites (tertiary alicyclic amines) is 1. The Balaban J connectivity index is 1.60. The molecule has 1 aromatic rings. The summed E-state index contributed by atoms with van der Waals surface area (Å²) in [5, 5.41) is 9.54. The van der Waals surface area contributed by atoms with Crippen LogP contribution in [0.3, 0.4) is 0 Å². The van der Waals surface area contributed by atoms with Crippen LogP contribution in [0.5, 0.6) is 0 Å². The molecule has 1 aromatic carbocycles. The number of nitrogens with zero attached hydrogens (tertiary/aromatic N) is 1. The van der Waals surface area contributed by atoms with Crippen molar-refractivity contribution in [1.29, 1.82) is 0 Å². The Hall–Kier alpha value is -1.78. The van der Waals surface area contributed by atoms with Crippen LogP contribution < -0.4 is 4.72 Å². The van der Waals surface area contributed by atoms with Gasteiger partial charge in [-0.05, 0) is 68.7 Å². The van der Waals surface area contributed by atoms with E-state index in [0.29, 0.717) is 37.7 Å². The topological polar surface area (TPSA) is 95.9 Å². The molecule has 1 amide bonds. The van der Waals surface area contributed by atoms with Crippen molar-refractivity contribution in [2.75, 3.05) is 12.9 Å². The number of rotatable bonds is 6. The zero-order valence-corrected chi connectivity index (χ0v) is 17.9. The maximum atomic E-state index is 14.0. The number of ether oxygens (including phenoxy) is 1. The highest BCUT2D eigenvalue weighted by Gasteiger charge is 2.43. The predicted molar refractivity (Wildman–Crippen MR) is 107 cm³/mol. The SMILES string of the molecule is C[C@@H]1C[C@H](NS(C)(=O)=O)[C@H](COC2CCC(c3cc(F)ccc3F)CC2)N1C(=O)O. The van der Waals surface area contributed by atoms with Gasteiger partial charge in [0, 0.05) is 12.1 Å². The minimum Gasteiger partial charge on any atom is -0.465 e. The fourth-order valence-corrected chi connectivity index (χ4v) is 5.49. The summed E-state index contributed by atoms with van der Waals surface area (Å²) < 4.78 is 59.3. The van der Waals surface area contributed by atoms with Gasteiger partial charge in [-0.1, -0.05) is 0 Å². The molecule has 1 heterocycles. The Morgan fingerprint density at radius 3 is 2.53 bits per heavy atom. The van der Waals surface area contributed by atoms with Crippen molar-refractivity contribution in [2.24, 2.45) is 0 Å². The second-order valence-corrected chi connectivity index (χ2v) is 10.1. The summed E-state index contributed by atoms with van der Waals surface area (Å²) in [5.41, 5.74) is 0.382.